The summed E-state index contributed by atoms with van der Waals surface area (Å²) in [6, 6.07) is 8.31. The topological polar surface area (TPSA) is 106 Å². The smallest absolute Gasteiger partial charge is 0.337 e. The molecule has 1 amide bonds. The maximum atomic E-state index is 12.6. The van der Waals surface area contributed by atoms with Gasteiger partial charge in [-0.3, -0.25) is 19.4 Å². The Kier molecular flexibility index (Phi) is 4.57. The average molecular weight is 354 g/mol. The quantitative estimate of drug-likeness (QED) is 0.687. The van der Waals surface area contributed by atoms with E-state index in [9.17, 15) is 14.4 Å². The second-order valence-electron chi connectivity index (χ2n) is 5.88. The molecule has 2 heterocycles. The first-order chi connectivity index (χ1) is 12.4. The van der Waals surface area contributed by atoms with Crippen molar-refractivity contribution < 1.29 is 14.3 Å². The molecular weight excluding hydrogens is 336 g/mol. The number of pyridine rings is 1. The number of ether oxygens (including phenoxy) is 1. The van der Waals surface area contributed by atoms with Crippen molar-refractivity contribution in [2.24, 2.45) is 7.05 Å². The minimum absolute atomic E-state index is 0.258. The normalized spacial score (nSPS) is 10.7. The molecule has 0 aliphatic heterocycles. The van der Waals surface area contributed by atoms with Crippen LogP contribution in [0.15, 0.2) is 35.1 Å². The van der Waals surface area contributed by atoms with Crippen LogP contribution in [0, 0.1) is 6.92 Å². The SMILES string of the molecule is COC(=O)c1ccc(CNC(=O)c2cc(C)nc3c2c(=O)[nH]n3C)cc1. The number of fused-ring (bicyclic) bond motifs is 1. The number of methoxy groups -OCH3 is 1. The minimum Gasteiger partial charge on any atom is -0.465 e. The first-order valence-corrected chi connectivity index (χ1v) is 7.92. The predicted octanol–water partition coefficient (Wildman–Crippen LogP) is 1.29. The second kappa shape index (κ2) is 6.83. The number of hydrogen-bond acceptors (Lipinski definition) is 5. The third-order valence-electron chi connectivity index (χ3n) is 4.02. The monoisotopic (exact) mass is 354 g/mol. The zero-order valence-corrected chi connectivity index (χ0v) is 14.6. The molecule has 0 saturated carbocycles. The molecule has 3 rings (SSSR count). The van der Waals surface area contributed by atoms with Crippen molar-refractivity contribution in [3.63, 3.8) is 0 Å². The number of aromatic amines is 1. The van der Waals surface area contributed by atoms with Gasteiger partial charge in [-0.15, -0.1) is 0 Å². The first-order valence-electron chi connectivity index (χ1n) is 7.92. The summed E-state index contributed by atoms with van der Waals surface area (Å²) in [6.45, 7) is 2.02. The number of amides is 1. The van der Waals surface area contributed by atoms with E-state index in [1.165, 1.54) is 11.8 Å². The van der Waals surface area contributed by atoms with Crippen molar-refractivity contribution in [3.05, 3.63) is 63.1 Å². The first kappa shape index (κ1) is 17.4. The molecule has 0 unspecified atom stereocenters. The van der Waals surface area contributed by atoms with Gasteiger partial charge in [0.1, 0.15) is 0 Å². The van der Waals surface area contributed by atoms with E-state index in [1.54, 1.807) is 44.3 Å². The summed E-state index contributed by atoms with van der Waals surface area (Å²) in [4.78, 5) is 40.4. The second-order valence-corrected chi connectivity index (χ2v) is 5.88. The van der Waals surface area contributed by atoms with Crippen LogP contribution in [0.4, 0.5) is 0 Å². The van der Waals surface area contributed by atoms with E-state index < -0.39 is 5.97 Å². The Morgan fingerprint density at radius 3 is 2.62 bits per heavy atom. The molecule has 134 valence electrons. The summed E-state index contributed by atoms with van der Waals surface area (Å²) in [7, 11) is 2.99. The van der Waals surface area contributed by atoms with Gasteiger partial charge in [0.15, 0.2) is 5.65 Å². The maximum absolute atomic E-state index is 12.6. The molecular formula is C18H18N4O4. The summed E-state index contributed by atoms with van der Waals surface area (Å²) >= 11 is 0. The lowest BCUT2D eigenvalue weighted by molar-refractivity contribution is 0.0600. The number of nitrogens with one attached hydrogen (secondary N) is 2. The van der Waals surface area contributed by atoms with Crippen molar-refractivity contribution in [1.82, 2.24) is 20.1 Å². The molecule has 0 fully saturated rings. The third-order valence-corrected chi connectivity index (χ3v) is 4.02. The third kappa shape index (κ3) is 3.21. The Bertz CT molecular complexity index is 1050. The van der Waals surface area contributed by atoms with Gasteiger partial charge in [-0.2, -0.15) is 0 Å². The lowest BCUT2D eigenvalue weighted by Gasteiger charge is -2.08. The summed E-state index contributed by atoms with van der Waals surface area (Å²) in [5, 5.41) is 5.66. The van der Waals surface area contributed by atoms with E-state index >= 15 is 0 Å². The summed E-state index contributed by atoms with van der Waals surface area (Å²) in [5.41, 5.74) is 2.24. The van der Waals surface area contributed by atoms with Crippen LogP contribution in [0.3, 0.4) is 0 Å². The Morgan fingerprint density at radius 2 is 1.96 bits per heavy atom. The highest BCUT2D eigenvalue weighted by atomic mass is 16.5. The van der Waals surface area contributed by atoms with Crippen LogP contribution in [-0.4, -0.2) is 33.8 Å². The van der Waals surface area contributed by atoms with Gasteiger partial charge >= 0.3 is 5.97 Å². The Balaban J connectivity index is 1.82. The number of rotatable bonds is 4. The van der Waals surface area contributed by atoms with Gasteiger partial charge in [0, 0.05) is 19.3 Å². The van der Waals surface area contributed by atoms with E-state index in [-0.39, 0.29) is 29.0 Å². The van der Waals surface area contributed by atoms with E-state index in [0.29, 0.717) is 16.9 Å². The highest BCUT2D eigenvalue weighted by molar-refractivity contribution is 6.05. The van der Waals surface area contributed by atoms with Crippen LogP contribution < -0.4 is 10.9 Å². The van der Waals surface area contributed by atoms with Crippen LogP contribution >= 0.6 is 0 Å². The Labute approximate surface area is 148 Å². The van der Waals surface area contributed by atoms with E-state index in [1.807, 2.05) is 0 Å². The van der Waals surface area contributed by atoms with Crippen molar-refractivity contribution >= 4 is 22.9 Å². The van der Waals surface area contributed by atoms with Crippen molar-refractivity contribution in [1.29, 1.82) is 0 Å². The van der Waals surface area contributed by atoms with Gasteiger partial charge in [0.25, 0.3) is 11.5 Å². The van der Waals surface area contributed by atoms with Crippen LogP contribution in [0.5, 0.6) is 0 Å². The molecule has 2 aromatic heterocycles. The van der Waals surface area contributed by atoms with Gasteiger partial charge in [0.05, 0.1) is 23.6 Å². The number of nitrogens with zero attached hydrogens (tertiary/aromatic N) is 2. The zero-order valence-electron chi connectivity index (χ0n) is 14.6. The predicted molar refractivity (Wildman–Crippen MR) is 95.0 cm³/mol. The number of benzene rings is 1. The summed E-state index contributed by atoms with van der Waals surface area (Å²) in [5.74, 6) is -0.784. The number of aryl methyl sites for hydroxylation is 2. The maximum Gasteiger partial charge on any atom is 0.337 e. The van der Waals surface area contributed by atoms with Crippen LogP contribution in [-0.2, 0) is 18.3 Å². The molecule has 2 N–H and O–H groups in total. The van der Waals surface area contributed by atoms with Gasteiger partial charge < -0.3 is 10.1 Å². The molecule has 0 spiro atoms. The number of carbonyl (C=O) groups excluding carboxylic acids is 2. The number of esters is 1. The molecule has 0 aliphatic rings. The van der Waals surface area contributed by atoms with Crippen LogP contribution in [0.1, 0.15) is 32.0 Å². The number of H-pyrrole nitrogens is 1. The molecule has 8 heteroatoms. The number of aromatic nitrogens is 3. The molecule has 3 aromatic rings. The Morgan fingerprint density at radius 1 is 1.27 bits per heavy atom. The highest BCUT2D eigenvalue weighted by Crippen LogP contribution is 2.14. The number of hydrogen-bond donors (Lipinski definition) is 2. The molecule has 0 saturated heterocycles. The molecule has 26 heavy (non-hydrogen) atoms. The fraction of sp³-hybridized carbons (Fsp3) is 0.222. The fourth-order valence-corrected chi connectivity index (χ4v) is 2.72. The van der Waals surface area contributed by atoms with Crippen molar-refractivity contribution in [2.75, 3.05) is 7.11 Å². The Hall–Kier alpha value is -3.42. The fourth-order valence-electron chi connectivity index (χ4n) is 2.72. The molecule has 0 radical (unpaired) electrons. The largest absolute Gasteiger partial charge is 0.465 e. The van der Waals surface area contributed by atoms with Crippen LogP contribution in [0.2, 0.25) is 0 Å². The van der Waals surface area contributed by atoms with E-state index in [0.717, 1.165) is 5.56 Å². The minimum atomic E-state index is -0.418. The van der Waals surface area contributed by atoms with Crippen LogP contribution in [0.25, 0.3) is 11.0 Å². The lowest BCUT2D eigenvalue weighted by Crippen LogP contribution is -2.24. The zero-order chi connectivity index (χ0) is 18.8. The molecule has 0 bridgehead atoms. The van der Waals surface area contributed by atoms with Gasteiger partial charge in [0.2, 0.25) is 0 Å². The van der Waals surface area contributed by atoms with Gasteiger partial charge in [-0.05, 0) is 30.7 Å². The standard InChI is InChI=1S/C18H18N4O4/c1-10-8-13(14-15(20-10)22(2)21-17(14)24)16(23)19-9-11-4-6-12(7-5-11)18(25)26-3/h4-8H,9H2,1-3H3,(H,19,23)(H,21,24). The van der Waals surface area contributed by atoms with Gasteiger partial charge in [-0.25, -0.2) is 9.78 Å². The molecule has 1 aromatic carbocycles. The number of carbonyl (C=O) groups is 2. The lowest BCUT2D eigenvalue weighted by atomic mass is 10.1. The summed E-state index contributed by atoms with van der Waals surface area (Å²) in [6.07, 6.45) is 0. The van der Waals surface area contributed by atoms with Crippen molar-refractivity contribution in [2.45, 2.75) is 13.5 Å². The van der Waals surface area contributed by atoms with Gasteiger partial charge in [-0.1, -0.05) is 12.1 Å². The molecule has 8 nitrogen and oxygen atoms in total. The average Bonchev–Trinajstić information content (AvgIpc) is 2.92. The molecule has 0 atom stereocenters. The summed E-state index contributed by atoms with van der Waals surface area (Å²) < 4.78 is 6.14. The molecule has 0 aliphatic carbocycles. The highest BCUT2D eigenvalue weighted by Gasteiger charge is 2.17. The van der Waals surface area contributed by atoms with E-state index in [2.05, 4.69) is 20.1 Å². The van der Waals surface area contributed by atoms with E-state index in [4.69, 9.17) is 0 Å². The van der Waals surface area contributed by atoms with Crippen molar-refractivity contribution in [3.8, 4) is 0 Å².